The second-order valence-corrected chi connectivity index (χ2v) is 6.19. The topological polar surface area (TPSA) is 104 Å². The van der Waals surface area contributed by atoms with Crippen molar-refractivity contribution in [2.24, 2.45) is 0 Å². The van der Waals surface area contributed by atoms with E-state index in [-0.39, 0.29) is 30.6 Å². The predicted octanol–water partition coefficient (Wildman–Crippen LogP) is 0.602. The van der Waals surface area contributed by atoms with Crippen molar-refractivity contribution in [1.29, 1.82) is 0 Å². The molecule has 1 unspecified atom stereocenters. The van der Waals surface area contributed by atoms with Gasteiger partial charge in [-0.1, -0.05) is 11.8 Å². The lowest BCUT2D eigenvalue weighted by atomic mass is 10.0. The second-order valence-electron chi connectivity index (χ2n) is 6.19. The molecule has 1 saturated heterocycles. The van der Waals surface area contributed by atoms with Gasteiger partial charge >= 0.3 is 0 Å². The van der Waals surface area contributed by atoms with E-state index in [0.717, 1.165) is 11.3 Å². The van der Waals surface area contributed by atoms with Crippen molar-refractivity contribution >= 4 is 23.6 Å². The summed E-state index contributed by atoms with van der Waals surface area (Å²) in [5.41, 5.74) is 1.08. The fourth-order valence-corrected chi connectivity index (χ4v) is 3.04. The summed E-state index contributed by atoms with van der Waals surface area (Å²) in [5.74, 6) is 3.82. The molecule has 2 aliphatic heterocycles. The minimum atomic E-state index is -0.965. The van der Waals surface area contributed by atoms with E-state index in [1.54, 1.807) is 18.2 Å². The van der Waals surface area contributed by atoms with E-state index in [9.17, 15) is 19.2 Å². The Labute approximate surface area is 150 Å². The zero-order chi connectivity index (χ0) is 18.7. The Bertz CT molecular complexity index is 849. The number of carbonyl (C=O) groups is 4. The van der Waals surface area contributed by atoms with Gasteiger partial charge in [-0.2, -0.15) is 0 Å². The van der Waals surface area contributed by atoms with Gasteiger partial charge in [-0.3, -0.25) is 29.4 Å². The number of nitrogens with zero attached hydrogens (tertiary/aromatic N) is 1. The first-order chi connectivity index (χ1) is 12.5. The maximum atomic E-state index is 12.7. The van der Waals surface area contributed by atoms with Gasteiger partial charge in [0.25, 0.3) is 11.8 Å². The number of benzene rings is 1. The number of imide groups is 2. The van der Waals surface area contributed by atoms with Crippen molar-refractivity contribution in [3.63, 3.8) is 0 Å². The van der Waals surface area contributed by atoms with E-state index in [1.807, 2.05) is 0 Å². The molecule has 0 saturated carbocycles. The van der Waals surface area contributed by atoms with Gasteiger partial charge in [0.1, 0.15) is 6.04 Å². The summed E-state index contributed by atoms with van der Waals surface area (Å²) in [6.45, 7) is 0.132. The van der Waals surface area contributed by atoms with E-state index < -0.39 is 29.7 Å². The van der Waals surface area contributed by atoms with Crippen molar-refractivity contribution in [3.05, 3.63) is 34.9 Å². The molecule has 2 heterocycles. The molecule has 1 fully saturated rings. The zero-order valence-electron chi connectivity index (χ0n) is 14.1. The molecule has 2 N–H and O–H groups in total. The average Bonchev–Trinajstić information content (AvgIpc) is 2.86. The number of fused-ring (bicyclic) bond motifs is 1. The van der Waals surface area contributed by atoms with Crippen LogP contribution in [0.25, 0.3) is 0 Å². The Kier molecular flexibility index (Phi) is 5.14. The monoisotopic (exact) mass is 354 g/mol. The van der Waals surface area contributed by atoms with Crippen molar-refractivity contribution < 1.29 is 24.3 Å². The Morgan fingerprint density at radius 3 is 2.62 bits per heavy atom. The summed E-state index contributed by atoms with van der Waals surface area (Å²) in [6.07, 6.45) is 2.33. The Morgan fingerprint density at radius 2 is 1.88 bits per heavy atom. The van der Waals surface area contributed by atoms with Crippen LogP contribution in [0.3, 0.4) is 0 Å². The number of nitrogens with one attached hydrogen (secondary N) is 1. The molecule has 4 amide bonds. The highest BCUT2D eigenvalue weighted by Gasteiger charge is 2.44. The third kappa shape index (κ3) is 3.37. The van der Waals surface area contributed by atoms with Crippen LogP contribution in [0.4, 0.5) is 0 Å². The number of amides is 4. The van der Waals surface area contributed by atoms with E-state index in [1.165, 1.54) is 0 Å². The van der Waals surface area contributed by atoms with E-state index >= 15 is 0 Å². The van der Waals surface area contributed by atoms with E-state index in [0.29, 0.717) is 18.4 Å². The van der Waals surface area contributed by atoms with Crippen LogP contribution in [0.15, 0.2) is 18.2 Å². The SMILES string of the molecule is O=C1CCC(N2C(=O)c3ccc(C#CCCCCO)cc3C2=O)C(=O)N1. The van der Waals surface area contributed by atoms with Crippen LogP contribution < -0.4 is 5.32 Å². The Hall–Kier alpha value is -2.98. The summed E-state index contributed by atoms with van der Waals surface area (Å²) in [7, 11) is 0. The first-order valence-electron chi connectivity index (χ1n) is 8.48. The standard InChI is InChI=1S/C19H18N2O5/c22-10-4-2-1-3-5-12-6-7-13-14(11-12)19(26)21(18(13)25)15-8-9-16(23)20-17(15)24/h6-7,11,15,22H,1-2,4,8-10H2,(H,20,23,24). The quantitative estimate of drug-likeness (QED) is 0.468. The van der Waals surface area contributed by atoms with E-state index in [4.69, 9.17) is 5.11 Å². The van der Waals surface area contributed by atoms with Crippen molar-refractivity contribution in [2.75, 3.05) is 6.61 Å². The van der Waals surface area contributed by atoms with Crippen LogP contribution in [-0.4, -0.2) is 46.3 Å². The van der Waals surface area contributed by atoms with Crippen molar-refractivity contribution in [2.45, 2.75) is 38.1 Å². The lowest BCUT2D eigenvalue weighted by Gasteiger charge is -2.27. The first-order valence-corrected chi connectivity index (χ1v) is 8.48. The van der Waals surface area contributed by atoms with Crippen LogP contribution in [0, 0.1) is 11.8 Å². The van der Waals surface area contributed by atoms with Crippen molar-refractivity contribution in [3.8, 4) is 11.8 Å². The van der Waals surface area contributed by atoms with Crippen molar-refractivity contribution in [1.82, 2.24) is 10.2 Å². The highest BCUT2D eigenvalue weighted by atomic mass is 16.3. The molecule has 0 aliphatic carbocycles. The smallest absolute Gasteiger partial charge is 0.262 e. The maximum Gasteiger partial charge on any atom is 0.262 e. The molecule has 0 spiro atoms. The molecule has 7 nitrogen and oxygen atoms in total. The highest BCUT2D eigenvalue weighted by Crippen LogP contribution is 2.28. The van der Waals surface area contributed by atoms with Gasteiger partial charge in [-0.05, 0) is 37.5 Å². The number of rotatable bonds is 4. The van der Waals surface area contributed by atoms with E-state index in [2.05, 4.69) is 17.2 Å². The van der Waals surface area contributed by atoms with Gasteiger partial charge in [0.05, 0.1) is 11.1 Å². The molecule has 7 heteroatoms. The molecule has 0 aromatic heterocycles. The lowest BCUT2D eigenvalue weighted by Crippen LogP contribution is -2.54. The number of aliphatic hydroxyl groups excluding tert-OH is 1. The van der Waals surface area contributed by atoms with Gasteiger partial charge in [0.15, 0.2) is 0 Å². The zero-order valence-corrected chi connectivity index (χ0v) is 14.1. The molecule has 0 bridgehead atoms. The third-order valence-electron chi connectivity index (χ3n) is 4.38. The molecular weight excluding hydrogens is 336 g/mol. The van der Waals surface area contributed by atoms with Gasteiger partial charge in [-0.25, -0.2) is 0 Å². The molecule has 0 radical (unpaired) electrons. The first kappa shape index (κ1) is 17.8. The third-order valence-corrected chi connectivity index (χ3v) is 4.38. The fraction of sp³-hybridized carbons (Fsp3) is 0.368. The van der Waals surface area contributed by atoms with Crippen LogP contribution in [0.5, 0.6) is 0 Å². The predicted molar refractivity (Wildman–Crippen MR) is 90.9 cm³/mol. The van der Waals surface area contributed by atoms with Gasteiger partial charge in [-0.15, -0.1) is 0 Å². The highest BCUT2D eigenvalue weighted by molar-refractivity contribution is 6.23. The summed E-state index contributed by atoms with van der Waals surface area (Å²) in [6, 6.07) is 3.80. The fourth-order valence-electron chi connectivity index (χ4n) is 3.04. The maximum absolute atomic E-state index is 12.7. The molecule has 134 valence electrons. The number of aliphatic hydroxyl groups is 1. The van der Waals surface area contributed by atoms with Gasteiger partial charge in [0, 0.05) is 25.0 Å². The molecule has 3 rings (SSSR count). The Morgan fingerprint density at radius 1 is 1.12 bits per heavy atom. The minimum absolute atomic E-state index is 0.0916. The van der Waals surface area contributed by atoms with Crippen LogP contribution in [0.1, 0.15) is 58.4 Å². The number of piperidine rings is 1. The molecule has 1 aromatic carbocycles. The molecule has 26 heavy (non-hydrogen) atoms. The molecule has 2 aliphatic rings. The Balaban J connectivity index is 1.79. The number of unbranched alkanes of at least 4 members (excludes halogenated alkanes) is 2. The summed E-state index contributed by atoms with van der Waals surface area (Å²) in [4.78, 5) is 49.4. The van der Waals surface area contributed by atoms with Gasteiger partial charge in [0.2, 0.25) is 11.8 Å². The number of carbonyl (C=O) groups excluding carboxylic acids is 4. The van der Waals surface area contributed by atoms with Crippen LogP contribution in [-0.2, 0) is 9.59 Å². The largest absolute Gasteiger partial charge is 0.396 e. The second kappa shape index (κ2) is 7.50. The molecule has 1 aromatic rings. The summed E-state index contributed by atoms with van der Waals surface area (Å²) in [5, 5.41) is 10.9. The average molecular weight is 354 g/mol. The summed E-state index contributed by atoms with van der Waals surface area (Å²) < 4.78 is 0. The molecular formula is C19H18N2O5. The normalized spacial score (nSPS) is 19.1. The van der Waals surface area contributed by atoms with Crippen LogP contribution >= 0.6 is 0 Å². The summed E-state index contributed by atoms with van der Waals surface area (Å²) >= 11 is 0. The minimum Gasteiger partial charge on any atom is -0.396 e. The van der Waals surface area contributed by atoms with Crippen LogP contribution in [0.2, 0.25) is 0 Å². The number of hydrogen-bond donors (Lipinski definition) is 2. The lowest BCUT2D eigenvalue weighted by molar-refractivity contribution is -0.136. The van der Waals surface area contributed by atoms with Gasteiger partial charge < -0.3 is 5.11 Å². The molecule has 1 atom stereocenters. The number of hydrogen-bond acceptors (Lipinski definition) is 5.